The molecule has 2 aliphatic heterocycles. The molecule has 0 amide bonds. The zero-order chi connectivity index (χ0) is 26.8. The lowest BCUT2D eigenvalue weighted by atomic mass is 9.77. The largest absolute Gasteiger partial charge is 0.456 e. The average Bonchev–Trinajstić information content (AvgIpc) is 3.52. The predicted octanol–water partition coefficient (Wildman–Crippen LogP) is 3.39. The smallest absolute Gasteiger partial charge is 0.303 e. The number of imidazole rings is 1. The van der Waals surface area contributed by atoms with Gasteiger partial charge >= 0.3 is 11.9 Å². The molecular weight excluding hydrogens is 517 g/mol. The van der Waals surface area contributed by atoms with E-state index in [1.807, 2.05) is 13.0 Å². The summed E-state index contributed by atoms with van der Waals surface area (Å²) >= 11 is 6.37. The number of esters is 2. The summed E-state index contributed by atoms with van der Waals surface area (Å²) in [4.78, 5) is 39.3. The average molecular weight is 544 g/mol. The highest BCUT2D eigenvalue weighted by molar-refractivity contribution is 6.28. The molecule has 0 N–H and O–H groups in total. The lowest BCUT2D eigenvalue weighted by molar-refractivity contribution is -0.165. The highest BCUT2D eigenvalue weighted by Gasteiger charge is 2.51. The van der Waals surface area contributed by atoms with Gasteiger partial charge in [-0.25, -0.2) is 9.37 Å². The fourth-order valence-corrected chi connectivity index (χ4v) is 6.30. The molecule has 0 bridgehead atoms. The van der Waals surface area contributed by atoms with Crippen molar-refractivity contribution in [2.24, 2.45) is 5.41 Å². The van der Waals surface area contributed by atoms with E-state index >= 15 is 0 Å². The predicted molar refractivity (Wildman–Crippen MR) is 134 cm³/mol. The first-order chi connectivity index (χ1) is 18.2. The number of carbonyl (C=O) groups excluding carboxylic acids is 2. The molecule has 6 rings (SSSR count). The first kappa shape index (κ1) is 25.0. The van der Waals surface area contributed by atoms with E-state index < -0.39 is 36.5 Å². The van der Waals surface area contributed by atoms with E-state index in [1.54, 1.807) is 17.0 Å². The summed E-state index contributed by atoms with van der Waals surface area (Å²) in [6.07, 6.45) is 0.517. The lowest BCUT2D eigenvalue weighted by Gasteiger charge is -2.49. The number of aromatic nitrogens is 4. The van der Waals surface area contributed by atoms with Crippen LogP contribution in [0.4, 0.5) is 10.2 Å². The second-order valence-electron chi connectivity index (χ2n) is 10.3. The Morgan fingerprint density at radius 1 is 1.16 bits per heavy atom. The number of carbonyl (C=O) groups is 2. The molecule has 0 radical (unpaired) electrons. The van der Waals surface area contributed by atoms with Crippen LogP contribution in [0.1, 0.15) is 44.5 Å². The summed E-state index contributed by atoms with van der Waals surface area (Å²) in [7, 11) is 0. The fraction of sp³-hybridized carbons (Fsp3) is 0.500. The molecule has 0 saturated carbocycles. The van der Waals surface area contributed by atoms with Crippen LogP contribution in [0.5, 0.6) is 0 Å². The zero-order valence-electron chi connectivity index (χ0n) is 21.2. The Bertz CT molecular complexity index is 1440. The monoisotopic (exact) mass is 543 g/mol. The van der Waals surface area contributed by atoms with E-state index in [4.69, 9.17) is 25.8 Å². The van der Waals surface area contributed by atoms with Crippen molar-refractivity contribution in [1.29, 1.82) is 0 Å². The number of hydrogen-bond acceptors (Lipinski definition) is 9. The molecule has 2 aromatic heterocycles. The van der Waals surface area contributed by atoms with E-state index in [0.717, 1.165) is 17.5 Å². The van der Waals surface area contributed by atoms with Crippen LogP contribution in [0.2, 0.25) is 5.28 Å². The van der Waals surface area contributed by atoms with E-state index in [9.17, 15) is 14.0 Å². The number of halogens is 2. The van der Waals surface area contributed by atoms with Gasteiger partial charge in [-0.05, 0) is 48.1 Å². The van der Waals surface area contributed by atoms with Crippen molar-refractivity contribution in [1.82, 2.24) is 19.5 Å². The quantitative estimate of drug-likeness (QED) is 0.353. The Balaban J connectivity index is 1.31. The van der Waals surface area contributed by atoms with E-state index in [0.29, 0.717) is 42.9 Å². The van der Waals surface area contributed by atoms with Crippen LogP contribution in [0.15, 0.2) is 24.5 Å². The van der Waals surface area contributed by atoms with Crippen molar-refractivity contribution in [3.8, 4) is 0 Å². The van der Waals surface area contributed by atoms with Gasteiger partial charge in [0.2, 0.25) is 5.28 Å². The first-order valence-corrected chi connectivity index (χ1v) is 13.0. The van der Waals surface area contributed by atoms with Gasteiger partial charge in [0.15, 0.2) is 35.4 Å². The minimum absolute atomic E-state index is 0.0292. The number of fused-ring (bicyclic) bond motifs is 2. The Morgan fingerprint density at radius 2 is 1.89 bits per heavy atom. The van der Waals surface area contributed by atoms with Crippen molar-refractivity contribution in [3.05, 3.63) is 46.8 Å². The van der Waals surface area contributed by atoms with Crippen LogP contribution < -0.4 is 4.90 Å². The number of anilines is 1. The van der Waals surface area contributed by atoms with Crippen LogP contribution in [0.3, 0.4) is 0 Å². The van der Waals surface area contributed by atoms with Gasteiger partial charge in [-0.1, -0.05) is 19.1 Å². The summed E-state index contributed by atoms with van der Waals surface area (Å²) in [5.74, 6) is -0.611. The van der Waals surface area contributed by atoms with E-state index in [1.165, 1.54) is 19.9 Å². The highest BCUT2D eigenvalue weighted by Crippen LogP contribution is 2.47. The van der Waals surface area contributed by atoms with E-state index in [2.05, 4.69) is 19.9 Å². The highest BCUT2D eigenvalue weighted by atomic mass is 35.5. The van der Waals surface area contributed by atoms with Crippen molar-refractivity contribution < 1.29 is 28.2 Å². The second kappa shape index (κ2) is 9.16. The van der Waals surface area contributed by atoms with Crippen LogP contribution in [-0.2, 0) is 36.6 Å². The number of rotatable bonds is 5. The Kier molecular flexibility index (Phi) is 6.03. The third kappa shape index (κ3) is 4.08. The minimum atomic E-state index is -0.907. The molecule has 2 saturated heterocycles. The molecule has 10 nitrogen and oxygen atoms in total. The second-order valence-corrected chi connectivity index (χ2v) is 10.7. The molecule has 38 heavy (non-hydrogen) atoms. The molecule has 12 heteroatoms. The molecule has 4 heterocycles. The minimum Gasteiger partial charge on any atom is -0.456 e. The summed E-state index contributed by atoms with van der Waals surface area (Å²) in [5, 5.41) is 0.0292. The van der Waals surface area contributed by atoms with E-state index in [-0.39, 0.29) is 16.5 Å². The fourth-order valence-electron chi connectivity index (χ4n) is 6.14. The Hall–Kier alpha value is -3.31. The molecule has 1 aromatic carbocycles. The summed E-state index contributed by atoms with van der Waals surface area (Å²) in [6.45, 7) is 5.84. The maximum atomic E-state index is 14.4. The van der Waals surface area contributed by atoms with Crippen molar-refractivity contribution in [3.63, 3.8) is 0 Å². The summed E-state index contributed by atoms with van der Waals surface area (Å²) in [6, 6.07) is 5.26. The molecule has 3 aromatic rings. The van der Waals surface area contributed by atoms with Gasteiger partial charge in [0.25, 0.3) is 0 Å². The maximum Gasteiger partial charge on any atom is 0.303 e. The van der Waals surface area contributed by atoms with Gasteiger partial charge in [-0.3, -0.25) is 14.2 Å². The number of benzene rings is 1. The number of nitrogens with zero attached hydrogens (tertiary/aromatic N) is 5. The SMILES string of the molecule is CC[C@H]1O[C@@H](n2cnc3c(N4CC5(Cc6cccc(F)c6C5)C4)nc(Cl)nc32)[C@@H](OC(C)=O)C1OC(C)=O. The van der Waals surface area contributed by atoms with Crippen molar-refractivity contribution in [2.45, 2.75) is 64.6 Å². The summed E-state index contributed by atoms with van der Waals surface area (Å²) in [5.41, 5.74) is 2.71. The number of hydrogen-bond donors (Lipinski definition) is 0. The first-order valence-electron chi connectivity index (χ1n) is 12.6. The third-order valence-electron chi connectivity index (χ3n) is 7.63. The Labute approximate surface area is 223 Å². The van der Waals surface area contributed by atoms with Gasteiger partial charge in [-0.15, -0.1) is 0 Å². The van der Waals surface area contributed by atoms with Crippen molar-refractivity contribution in [2.75, 3.05) is 18.0 Å². The van der Waals surface area contributed by atoms with Crippen LogP contribution >= 0.6 is 11.6 Å². The third-order valence-corrected chi connectivity index (χ3v) is 7.80. The zero-order valence-corrected chi connectivity index (χ0v) is 21.9. The lowest BCUT2D eigenvalue weighted by Crippen LogP contribution is -2.57. The topological polar surface area (TPSA) is 109 Å². The maximum absolute atomic E-state index is 14.4. The molecular formula is C26H27ClFN5O5. The molecule has 1 aliphatic carbocycles. The standard InChI is InChI=1S/C26H27ClFN5O5/c1-4-18-20(36-13(2)34)21(37-14(3)35)24(38-18)33-12-29-19-22(30-25(27)31-23(19)33)32-10-26(11-32)8-15-6-5-7-17(28)16(15)9-26/h5-7,12,18,20-21,24H,4,8-11H2,1-3H3/t18-,20?,21+,24-/m1/s1. The van der Waals surface area contributed by atoms with Crippen LogP contribution in [0.25, 0.3) is 11.2 Å². The summed E-state index contributed by atoms with van der Waals surface area (Å²) < 4.78 is 33.3. The molecule has 4 atom stereocenters. The van der Waals surface area contributed by atoms with Crippen LogP contribution in [0, 0.1) is 11.2 Å². The molecule has 1 unspecified atom stereocenters. The number of ether oxygens (including phenoxy) is 3. The van der Waals surface area contributed by atoms with Crippen molar-refractivity contribution >= 4 is 40.5 Å². The molecule has 3 aliphatic rings. The van der Waals surface area contributed by atoms with Gasteiger partial charge in [0.1, 0.15) is 11.9 Å². The van der Waals surface area contributed by atoms with Gasteiger partial charge in [-0.2, -0.15) is 9.97 Å². The van der Waals surface area contributed by atoms with Gasteiger partial charge < -0.3 is 19.1 Å². The normalized spacial score (nSPS) is 25.4. The molecule has 200 valence electrons. The Morgan fingerprint density at radius 3 is 2.58 bits per heavy atom. The van der Waals surface area contributed by atoms with Crippen LogP contribution in [-0.4, -0.2) is 62.9 Å². The van der Waals surface area contributed by atoms with Gasteiger partial charge in [0, 0.05) is 32.4 Å². The molecule has 1 spiro atoms. The van der Waals surface area contributed by atoms with Gasteiger partial charge in [0.05, 0.1) is 6.33 Å². The molecule has 2 fully saturated rings.